The van der Waals surface area contributed by atoms with E-state index in [1.807, 2.05) is 0 Å². The van der Waals surface area contributed by atoms with Crippen LogP contribution in [-0.2, 0) is 0 Å². The molecule has 0 saturated heterocycles. The van der Waals surface area contributed by atoms with Crippen LogP contribution in [0.15, 0.2) is 18.2 Å². The number of hydrogen-bond acceptors (Lipinski definition) is 5. The largest absolute Gasteiger partial charge is 0.496 e. The number of benzene rings is 1. The molecule has 0 amide bonds. The van der Waals surface area contributed by atoms with E-state index in [0.29, 0.717) is 23.2 Å². The van der Waals surface area contributed by atoms with Crippen molar-refractivity contribution in [3.8, 4) is 5.75 Å². The summed E-state index contributed by atoms with van der Waals surface area (Å²) in [4.78, 5) is 10.8. The van der Waals surface area contributed by atoms with Crippen LogP contribution in [0.25, 0.3) is 0 Å². The van der Waals surface area contributed by atoms with Crippen molar-refractivity contribution in [2.45, 2.75) is 12.2 Å². The van der Waals surface area contributed by atoms with Gasteiger partial charge in [0, 0.05) is 6.54 Å². The van der Waals surface area contributed by atoms with Crippen LogP contribution in [0.1, 0.15) is 22.0 Å². The molecule has 0 spiro atoms. The number of nitrogens with two attached hydrogens (primary N) is 1. The lowest BCUT2D eigenvalue weighted by Gasteiger charge is -2.17. The number of methoxy groups -OCH3 is 1. The van der Waals surface area contributed by atoms with E-state index in [0.717, 1.165) is 0 Å². The molecule has 2 unspecified atom stereocenters. The molecule has 0 radical (unpaired) electrons. The number of aliphatic hydroxyl groups is 2. The molecule has 1 rings (SSSR count). The molecule has 2 atom stereocenters. The smallest absolute Gasteiger partial charge is 0.153 e. The maximum absolute atomic E-state index is 10.8. The maximum Gasteiger partial charge on any atom is 0.153 e. The van der Waals surface area contributed by atoms with Gasteiger partial charge in [-0.05, 0) is 17.7 Å². The molecule has 0 heterocycles. The number of carbonyl (C=O) groups is 1. The zero-order valence-electron chi connectivity index (χ0n) is 8.96. The first-order valence-corrected chi connectivity index (χ1v) is 4.83. The number of rotatable bonds is 5. The van der Waals surface area contributed by atoms with Gasteiger partial charge in [-0.25, -0.2) is 0 Å². The lowest BCUT2D eigenvalue weighted by molar-refractivity contribution is 0.0243. The fourth-order valence-corrected chi connectivity index (χ4v) is 1.38. The van der Waals surface area contributed by atoms with Crippen LogP contribution in [0.3, 0.4) is 0 Å². The van der Waals surface area contributed by atoms with Gasteiger partial charge in [0.1, 0.15) is 11.9 Å². The standard InChI is InChI=1S/C11H15NO4/c1-16-10-3-2-7(4-8(10)6-13)11(15)9(14)5-12/h2-4,6,9,11,14-15H,5,12H2,1H3. The van der Waals surface area contributed by atoms with Crippen molar-refractivity contribution in [3.63, 3.8) is 0 Å². The fraction of sp³-hybridized carbons (Fsp3) is 0.364. The van der Waals surface area contributed by atoms with Crippen molar-refractivity contribution in [2.24, 2.45) is 5.73 Å². The molecule has 0 aromatic heterocycles. The summed E-state index contributed by atoms with van der Waals surface area (Å²) in [5.74, 6) is 0.424. The summed E-state index contributed by atoms with van der Waals surface area (Å²) < 4.78 is 4.96. The maximum atomic E-state index is 10.8. The monoisotopic (exact) mass is 225 g/mol. The van der Waals surface area contributed by atoms with Crippen LogP contribution in [0.5, 0.6) is 5.75 Å². The van der Waals surface area contributed by atoms with E-state index in [1.165, 1.54) is 13.2 Å². The first-order chi connectivity index (χ1) is 7.63. The molecule has 0 aliphatic rings. The summed E-state index contributed by atoms with van der Waals surface area (Å²) in [5.41, 5.74) is 5.99. The SMILES string of the molecule is COc1ccc(C(O)C(O)CN)cc1C=O. The normalized spacial score (nSPS) is 14.2. The molecule has 0 saturated carbocycles. The minimum Gasteiger partial charge on any atom is -0.496 e. The molecule has 88 valence electrons. The van der Waals surface area contributed by atoms with E-state index in [9.17, 15) is 15.0 Å². The summed E-state index contributed by atoms with van der Waals surface area (Å²) in [6.07, 6.45) is -1.52. The summed E-state index contributed by atoms with van der Waals surface area (Å²) >= 11 is 0. The Hall–Kier alpha value is -1.43. The van der Waals surface area contributed by atoms with Crippen molar-refractivity contribution in [1.29, 1.82) is 0 Å². The highest BCUT2D eigenvalue weighted by Crippen LogP contribution is 2.23. The van der Waals surface area contributed by atoms with Gasteiger partial charge in [0.05, 0.1) is 18.8 Å². The van der Waals surface area contributed by atoms with Crippen LogP contribution in [0, 0.1) is 0 Å². The second-order valence-corrected chi connectivity index (χ2v) is 3.37. The molecule has 1 aromatic rings. The van der Waals surface area contributed by atoms with Crippen molar-refractivity contribution in [1.82, 2.24) is 0 Å². The van der Waals surface area contributed by atoms with E-state index in [-0.39, 0.29) is 6.54 Å². The molecule has 5 heteroatoms. The number of hydrogen-bond donors (Lipinski definition) is 3. The Morgan fingerprint density at radius 3 is 2.69 bits per heavy atom. The highest BCUT2D eigenvalue weighted by Gasteiger charge is 2.17. The zero-order valence-corrected chi connectivity index (χ0v) is 8.96. The van der Waals surface area contributed by atoms with Gasteiger partial charge in [-0.15, -0.1) is 0 Å². The molecular formula is C11H15NO4. The fourth-order valence-electron chi connectivity index (χ4n) is 1.38. The number of aldehydes is 1. The van der Waals surface area contributed by atoms with Gasteiger partial charge in [0.25, 0.3) is 0 Å². The van der Waals surface area contributed by atoms with E-state index >= 15 is 0 Å². The lowest BCUT2D eigenvalue weighted by Crippen LogP contribution is -2.27. The van der Waals surface area contributed by atoms with E-state index in [4.69, 9.17) is 10.5 Å². The van der Waals surface area contributed by atoms with Crippen molar-refractivity contribution >= 4 is 6.29 Å². The topological polar surface area (TPSA) is 92.8 Å². The summed E-state index contributed by atoms with van der Waals surface area (Å²) in [7, 11) is 1.45. The van der Waals surface area contributed by atoms with Gasteiger partial charge in [0.2, 0.25) is 0 Å². The molecule has 16 heavy (non-hydrogen) atoms. The lowest BCUT2D eigenvalue weighted by atomic mass is 10.0. The van der Waals surface area contributed by atoms with E-state index in [2.05, 4.69) is 0 Å². The van der Waals surface area contributed by atoms with Crippen molar-refractivity contribution in [3.05, 3.63) is 29.3 Å². The minimum atomic E-state index is -1.10. The Bertz CT molecular complexity index is 367. The predicted molar refractivity (Wildman–Crippen MR) is 58.4 cm³/mol. The van der Waals surface area contributed by atoms with Crippen LogP contribution < -0.4 is 10.5 Å². The molecular weight excluding hydrogens is 210 g/mol. The molecule has 4 N–H and O–H groups in total. The molecule has 1 aromatic carbocycles. The number of aliphatic hydroxyl groups excluding tert-OH is 2. The number of carbonyl (C=O) groups excluding carboxylic acids is 1. The Kier molecular flexibility index (Phi) is 4.42. The van der Waals surface area contributed by atoms with E-state index in [1.54, 1.807) is 12.1 Å². The van der Waals surface area contributed by atoms with Gasteiger partial charge in [-0.3, -0.25) is 4.79 Å². The average Bonchev–Trinajstić information content (AvgIpc) is 2.35. The third-order valence-electron chi connectivity index (χ3n) is 2.33. The van der Waals surface area contributed by atoms with Gasteiger partial charge in [0.15, 0.2) is 6.29 Å². The van der Waals surface area contributed by atoms with Gasteiger partial charge in [-0.2, -0.15) is 0 Å². The van der Waals surface area contributed by atoms with Crippen LogP contribution in [-0.4, -0.2) is 36.3 Å². The second kappa shape index (κ2) is 5.60. The molecule has 0 bridgehead atoms. The van der Waals surface area contributed by atoms with Gasteiger partial charge in [-0.1, -0.05) is 6.07 Å². The Balaban J connectivity index is 3.03. The van der Waals surface area contributed by atoms with E-state index < -0.39 is 12.2 Å². The molecule has 0 fully saturated rings. The molecule has 0 aliphatic heterocycles. The van der Waals surface area contributed by atoms with Crippen molar-refractivity contribution in [2.75, 3.05) is 13.7 Å². The van der Waals surface area contributed by atoms with Crippen molar-refractivity contribution < 1.29 is 19.7 Å². The van der Waals surface area contributed by atoms with Crippen LogP contribution in [0.4, 0.5) is 0 Å². The summed E-state index contributed by atoms with van der Waals surface area (Å²) in [6.45, 7) is -0.0520. The molecule has 0 aliphatic carbocycles. The third-order valence-corrected chi connectivity index (χ3v) is 2.33. The summed E-state index contributed by atoms with van der Waals surface area (Å²) in [6, 6.07) is 4.61. The van der Waals surface area contributed by atoms with Crippen LogP contribution >= 0.6 is 0 Å². The zero-order chi connectivity index (χ0) is 12.1. The summed E-state index contributed by atoms with van der Waals surface area (Å²) in [5, 5.41) is 19.1. The first kappa shape index (κ1) is 12.6. The Labute approximate surface area is 93.5 Å². The highest BCUT2D eigenvalue weighted by atomic mass is 16.5. The Morgan fingerprint density at radius 2 is 2.19 bits per heavy atom. The Morgan fingerprint density at radius 1 is 1.50 bits per heavy atom. The minimum absolute atomic E-state index is 0.0520. The second-order valence-electron chi connectivity index (χ2n) is 3.37. The first-order valence-electron chi connectivity index (χ1n) is 4.83. The van der Waals surface area contributed by atoms with Gasteiger partial charge >= 0.3 is 0 Å². The predicted octanol–water partition coefficient (Wildman–Crippen LogP) is -0.139. The third kappa shape index (κ3) is 2.57. The highest BCUT2D eigenvalue weighted by molar-refractivity contribution is 5.79. The van der Waals surface area contributed by atoms with Crippen LogP contribution in [0.2, 0.25) is 0 Å². The molecule has 5 nitrogen and oxygen atoms in total. The quantitative estimate of drug-likeness (QED) is 0.606. The number of ether oxygens (including phenoxy) is 1. The average molecular weight is 225 g/mol. The van der Waals surface area contributed by atoms with Gasteiger partial charge < -0.3 is 20.7 Å².